The second-order valence-corrected chi connectivity index (χ2v) is 7.06. The van der Waals surface area contributed by atoms with Crippen LogP contribution in [0.1, 0.15) is 23.0 Å². The molecule has 0 radical (unpaired) electrons. The van der Waals surface area contributed by atoms with Crippen molar-refractivity contribution in [1.82, 2.24) is 15.6 Å². The van der Waals surface area contributed by atoms with Gasteiger partial charge in [-0.15, -0.1) is 0 Å². The number of hydrogen-bond acceptors (Lipinski definition) is 3. The topological polar surface area (TPSA) is 71.1 Å². The third kappa shape index (κ3) is 10.4. The maximum absolute atomic E-state index is 13.2. The van der Waals surface area contributed by atoms with Crippen LogP contribution in [0.2, 0.25) is 0 Å². The van der Waals surface area contributed by atoms with E-state index in [1.54, 1.807) is 30.4 Å². The standard InChI is InChI=1S/C13H12BrF2NO.C8H9BrN2O/c14-7-3-1-2-4-13(18)17-9-10-5-6-11(15)8-12(10)16;1-2-10-8(12)6-4-3-5-7(9)11-6/h1-6,8H,7,9H2,(H,17,18);3-5H,2H2,1H3,(H,10,12)/b3-1-,4-2+;. The van der Waals surface area contributed by atoms with E-state index in [0.29, 0.717) is 22.2 Å². The molecule has 160 valence electrons. The zero-order chi connectivity index (χ0) is 22.4. The smallest absolute Gasteiger partial charge is 0.269 e. The maximum atomic E-state index is 13.2. The van der Waals surface area contributed by atoms with Gasteiger partial charge in [0.2, 0.25) is 5.91 Å². The second-order valence-electron chi connectivity index (χ2n) is 5.60. The highest BCUT2D eigenvalue weighted by Crippen LogP contribution is 2.09. The molecule has 0 spiro atoms. The third-order valence-electron chi connectivity index (χ3n) is 3.34. The van der Waals surface area contributed by atoms with Crippen LogP contribution in [-0.2, 0) is 11.3 Å². The minimum atomic E-state index is -0.668. The first-order valence-corrected chi connectivity index (χ1v) is 10.8. The SMILES string of the molecule is CCNC(=O)c1cccc(Br)n1.O=C(/C=C/C=C\CBr)NCc1ccc(F)cc1F. The molecule has 2 rings (SSSR count). The molecule has 30 heavy (non-hydrogen) atoms. The van der Waals surface area contributed by atoms with Gasteiger partial charge in [0.1, 0.15) is 21.9 Å². The van der Waals surface area contributed by atoms with E-state index in [1.807, 2.05) is 13.0 Å². The molecule has 9 heteroatoms. The zero-order valence-corrected chi connectivity index (χ0v) is 19.3. The molecule has 2 aromatic rings. The first kappa shape index (κ1) is 25.6. The summed E-state index contributed by atoms with van der Waals surface area (Å²) in [6, 6.07) is 8.48. The number of nitrogens with zero attached hydrogens (tertiary/aromatic N) is 1. The fourth-order valence-corrected chi connectivity index (χ4v) is 2.52. The van der Waals surface area contributed by atoms with E-state index in [0.717, 1.165) is 12.1 Å². The summed E-state index contributed by atoms with van der Waals surface area (Å²) >= 11 is 6.39. The van der Waals surface area contributed by atoms with E-state index in [2.05, 4.69) is 47.5 Å². The number of rotatable bonds is 7. The lowest BCUT2D eigenvalue weighted by Crippen LogP contribution is -2.23. The molecule has 0 aliphatic heterocycles. The average Bonchev–Trinajstić information content (AvgIpc) is 2.71. The van der Waals surface area contributed by atoms with Crippen molar-refractivity contribution in [3.8, 4) is 0 Å². The van der Waals surface area contributed by atoms with Gasteiger partial charge >= 0.3 is 0 Å². The van der Waals surface area contributed by atoms with E-state index in [1.165, 1.54) is 12.1 Å². The molecule has 2 amide bonds. The number of halogens is 4. The van der Waals surface area contributed by atoms with E-state index in [4.69, 9.17) is 0 Å². The van der Waals surface area contributed by atoms with Crippen LogP contribution in [0.4, 0.5) is 8.78 Å². The summed E-state index contributed by atoms with van der Waals surface area (Å²) in [6.07, 6.45) is 6.45. The predicted molar refractivity (Wildman–Crippen MR) is 120 cm³/mol. The van der Waals surface area contributed by atoms with Crippen LogP contribution in [0.5, 0.6) is 0 Å². The molecular formula is C21H21Br2F2N3O2. The summed E-state index contributed by atoms with van der Waals surface area (Å²) < 4.78 is 26.5. The van der Waals surface area contributed by atoms with Gasteiger partial charge in [-0.1, -0.05) is 46.3 Å². The highest BCUT2D eigenvalue weighted by molar-refractivity contribution is 9.10. The first-order chi connectivity index (χ1) is 14.4. The Morgan fingerprint density at radius 1 is 1.13 bits per heavy atom. The quantitative estimate of drug-likeness (QED) is 0.230. The van der Waals surface area contributed by atoms with Crippen molar-refractivity contribution < 1.29 is 18.4 Å². The number of aromatic nitrogens is 1. The van der Waals surface area contributed by atoms with Gasteiger partial charge in [0.15, 0.2) is 0 Å². The number of amides is 2. The fraction of sp³-hybridized carbons (Fsp3) is 0.190. The van der Waals surface area contributed by atoms with Crippen molar-refractivity contribution in [1.29, 1.82) is 0 Å². The van der Waals surface area contributed by atoms with Gasteiger partial charge in [0.05, 0.1) is 0 Å². The Bertz CT molecular complexity index is 906. The van der Waals surface area contributed by atoms with E-state index >= 15 is 0 Å². The van der Waals surface area contributed by atoms with Crippen molar-refractivity contribution in [2.75, 3.05) is 11.9 Å². The van der Waals surface area contributed by atoms with E-state index < -0.39 is 11.6 Å². The van der Waals surface area contributed by atoms with Gasteiger partial charge in [-0.3, -0.25) is 9.59 Å². The Morgan fingerprint density at radius 2 is 1.90 bits per heavy atom. The molecule has 0 saturated heterocycles. The summed E-state index contributed by atoms with van der Waals surface area (Å²) in [5.41, 5.74) is 0.681. The number of nitrogens with one attached hydrogen (secondary N) is 2. The molecule has 0 aliphatic carbocycles. The Hall–Kier alpha value is -2.39. The lowest BCUT2D eigenvalue weighted by atomic mass is 10.2. The monoisotopic (exact) mass is 543 g/mol. The molecule has 0 bridgehead atoms. The van der Waals surface area contributed by atoms with Crippen molar-refractivity contribution in [2.45, 2.75) is 13.5 Å². The lowest BCUT2D eigenvalue weighted by Gasteiger charge is -2.03. The fourth-order valence-electron chi connectivity index (χ4n) is 1.97. The molecule has 2 N–H and O–H groups in total. The van der Waals surface area contributed by atoms with Gasteiger partial charge < -0.3 is 10.6 Å². The van der Waals surface area contributed by atoms with Gasteiger partial charge in [0, 0.05) is 36.1 Å². The molecular weight excluding hydrogens is 524 g/mol. The van der Waals surface area contributed by atoms with Crippen molar-refractivity contribution in [3.05, 3.63) is 88.2 Å². The van der Waals surface area contributed by atoms with Crippen LogP contribution in [0.3, 0.4) is 0 Å². The minimum Gasteiger partial charge on any atom is -0.351 e. The molecule has 0 saturated carbocycles. The molecule has 1 aromatic heterocycles. The van der Waals surface area contributed by atoms with Crippen molar-refractivity contribution in [3.63, 3.8) is 0 Å². The first-order valence-electron chi connectivity index (χ1n) is 8.89. The molecule has 1 heterocycles. The summed E-state index contributed by atoms with van der Waals surface area (Å²) in [6.45, 7) is 2.51. The Labute approximate surface area is 190 Å². The molecule has 5 nitrogen and oxygen atoms in total. The maximum Gasteiger partial charge on any atom is 0.269 e. The number of pyridine rings is 1. The Balaban J connectivity index is 0.000000325. The van der Waals surface area contributed by atoms with Crippen LogP contribution in [0.15, 0.2) is 65.3 Å². The third-order valence-corrected chi connectivity index (χ3v) is 4.15. The van der Waals surface area contributed by atoms with Crippen LogP contribution >= 0.6 is 31.9 Å². The second kappa shape index (κ2) is 14.6. The number of allylic oxidation sites excluding steroid dienone is 3. The van der Waals surface area contributed by atoms with E-state index in [9.17, 15) is 18.4 Å². The molecule has 1 aromatic carbocycles. The van der Waals surface area contributed by atoms with Gasteiger partial charge in [0.25, 0.3) is 5.91 Å². The van der Waals surface area contributed by atoms with Crippen molar-refractivity contribution >= 4 is 43.7 Å². The lowest BCUT2D eigenvalue weighted by molar-refractivity contribution is -0.116. The number of benzene rings is 1. The average molecular weight is 545 g/mol. The number of carbonyl (C=O) groups is 2. The normalized spacial score (nSPS) is 10.6. The molecule has 0 atom stereocenters. The molecule has 0 aliphatic rings. The minimum absolute atomic E-state index is 0.0252. The summed E-state index contributed by atoms with van der Waals surface area (Å²) in [5.74, 6) is -1.78. The molecule has 0 unspecified atom stereocenters. The highest BCUT2D eigenvalue weighted by atomic mass is 79.9. The predicted octanol–water partition coefficient (Wildman–Crippen LogP) is 4.68. The van der Waals surface area contributed by atoms with Crippen LogP contribution in [0.25, 0.3) is 0 Å². The van der Waals surface area contributed by atoms with Crippen LogP contribution < -0.4 is 10.6 Å². The van der Waals surface area contributed by atoms with Gasteiger partial charge in [-0.25, -0.2) is 13.8 Å². The van der Waals surface area contributed by atoms with Crippen LogP contribution in [0, 0.1) is 11.6 Å². The summed E-state index contributed by atoms with van der Waals surface area (Å²) in [4.78, 5) is 26.5. The summed E-state index contributed by atoms with van der Waals surface area (Å²) in [7, 11) is 0. The number of alkyl halides is 1. The van der Waals surface area contributed by atoms with Crippen molar-refractivity contribution in [2.24, 2.45) is 0 Å². The Morgan fingerprint density at radius 3 is 2.53 bits per heavy atom. The largest absolute Gasteiger partial charge is 0.351 e. The summed E-state index contributed by atoms with van der Waals surface area (Å²) in [5, 5.41) is 5.88. The van der Waals surface area contributed by atoms with Crippen LogP contribution in [-0.4, -0.2) is 28.7 Å². The Kier molecular flexibility index (Phi) is 12.5. The number of carbonyl (C=O) groups excluding carboxylic acids is 2. The van der Waals surface area contributed by atoms with E-state index in [-0.39, 0.29) is 23.9 Å². The highest BCUT2D eigenvalue weighted by Gasteiger charge is 2.05. The van der Waals surface area contributed by atoms with Gasteiger partial charge in [-0.05, 0) is 41.1 Å². The number of hydrogen-bond donors (Lipinski definition) is 2. The molecule has 0 fully saturated rings. The zero-order valence-electron chi connectivity index (χ0n) is 16.2. The van der Waals surface area contributed by atoms with Gasteiger partial charge in [-0.2, -0.15) is 0 Å².